The van der Waals surface area contributed by atoms with Gasteiger partial charge in [-0.05, 0) is 39.5 Å². The van der Waals surface area contributed by atoms with Gasteiger partial charge < -0.3 is 9.53 Å². The van der Waals surface area contributed by atoms with Gasteiger partial charge in [0, 0.05) is 6.42 Å². The van der Waals surface area contributed by atoms with Crippen molar-refractivity contribution in [1.82, 2.24) is 0 Å². The van der Waals surface area contributed by atoms with Gasteiger partial charge in [0.1, 0.15) is 5.78 Å². The number of rotatable bonds is 6. The number of esters is 1. The summed E-state index contributed by atoms with van der Waals surface area (Å²) in [4.78, 5) is 22.2. The summed E-state index contributed by atoms with van der Waals surface area (Å²) in [5, 5.41) is 0. The molecule has 80 valence electrons. The van der Waals surface area contributed by atoms with Crippen molar-refractivity contribution in [2.75, 3.05) is 6.61 Å². The molecule has 1 fully saturated rings. The first kappa shape index (κ1) is 11.2. The maximum Gasteiger partial charge on any atom is 0.312 e. The Morgan fingerprint density at radius 2 is 2.00 bits per heavy atom. The molecule has 0 aromatic carbocycles. The first-order valence-electron chi connectivity index (χ1n) is 5.27. The topological polar surface area (TPSA) is 43.4 Å². The van der Waals surface area contributed by atoms with E-state index < -0.39 is 0 Å². The molecule has 14 heavy (non-hydrogen) atoms. The Balaban J connectivity index is 2.28. The molecule has 0 radical (unpaired) electrons. The third-order valence-corrected chi connectivity index (χ3v) is 2.75. The quantitative estimate of drug-likeness (QED) is 0.614. The summed E-state index contributed by atoms with van der Waals surface area (Å²) >= 11 is 0. The molecule has 1 rings (SSSR count). The van der Waals surface area contributed by atoms with Crippen LogP contribution >= 0.6 is 0 Å². The molecule has 1 aliphatic rings. The van der Waals surface area contributed by atoms with Gasteiger partial charge >= 0.3 is 5.97 Å². The molecule has 0 amide bonds. The zero-order chi connectivity index (χ0) is 10.6. The van der Waals surface area contributed by atoms with Crippen LogP contribution < -0.4 is 0 Å². The molecule has 0 heterocycles. The Kier molecular flexibility index (Phi) is 3.67. The molecular weight excluding hydrogens is 180 g/mol. The van der Waals surface area contributed by atoms with Crippen LogP contribution in [0.4, 0.5) is 0 Å². The van der Waals surface area contributed by atoms with Gasteiger partial charge in [0.25, 0.3) is 0 Å². The molecular formula is C11H18O3. The van der Waals surface area contributed by atoms with Gasteiger partial charge in [0.05, 0.1) is 12.0 Å². The predicted octanol–water partition coefficient (Wildman–Crippen LogP) is 2.09. The van der Waals surface area contributed by atoms with Gasteiger partial charge in [-0.1, -0.05) is 0 Å². The number of hydrogen-bond acceptors (Lipinski definition) is 3. The maximum absolute atomic E-state index is 11.5. The third kappa shape index (κ3) is 2.82. The molecule has 0 aliphatic heterocycles. The van der Waals surface area contributed by atoms with E-state index in [0.717, 1.165) is 25.7 Å². The van der Waals surface area contributed by atoms with E-state index in [9.17, 15) is 9.59 Å². The van der Waals surface area contributed by atoms with Gasteiger partial charge in [-0.15, -0.1) is 0 Å². The van der Waals surface area contributed by atoms with E-state index in [2.05, 4.69) is 0 Å². The van der Waals surface area contributed by atoms with Crippen molar-refractivity contribution in [1.29, 1.82) is 0 Å². The first-order chi connectivity index (χ1) is 6.60. The molecule has 0 aromatic rings. The molecule has 1 aliphatic carbocycles. The van der Waals surface area contributed by atoms with Crippen LogP contribution in [0.5, 0.6) is 0 Å². The summed E-state index contributed by atoms with van der Waals surface area (Å²) in [6, 6.07) is 0. The lowest BCUT2D eigenvalue weighted by Gasteiger charge is -2.12. The van der Waals surface area contributed by atoms with Crippen molar-refractivity contribution in [3.8, 4) is 0 Å². The van der Waals surface area contributed by atoms with E-state index in [1.807, 2.05) is 6.92 Å². The van der Waals surface area contributed by atoms with Crippen molar-refractivity contribution in [2.24, 2.45) is 5.41 Å². The lowest BCUT2D eigenvalue weighted by Crippen LogP contribution is -2.19. The van der Waals surface area contributed by atoms with Crippen LogP contribution in [0, 0.1) is 5.41 Å². The second-order valence-electron chi connectivity index (χ2n) is 4.06. The highest BCUT2D eigenvalue weighted by Crippen LogP contribution is 2.50. The van der Waals surface area contributed by atoms with E-state index in [4.69, 9.17) is 4.74 Å². The zero-order valence-corrected chi connectivity index (χ0v) is 8.97. The highest BCUT2D eigenvalue weighted by Gasteiger charge is 2.50. The van der Waals surface area contributed by atoms with Gasteiger partial charge in [0.15, 0.2) is 0 Å². The van der Waals surface area contributed by atoms with E-state index in [1.165, 1.54) is 0 Å². The summed E-state index contributed by atoms with van der Waals surface area (Å²) in [5.41, 5.74) is -0.217. The number of ketones is 1. The fourth-order valence-electron chi connectivity index (χ4n) is 1.67. The van der Waals surface area contributed by atoms with Crippen molar-refractivity contribution in [3.05, 3.63) is 0 Å². The molecule has 0 unspecified atom stereocenters. The van der Waals surface area contributed by atoms with Gasteiger partial charge in [-0.2, -0.15) is 0 Å². The Bertz CT molecular complexity index is 229. The fourth-order valence-corrected chi connectivity index (χ4v) is 1.67. The number of hydrogen-bond donors (Lipinski definition) is 0. The third-order valence-electron chi connectivity index (χ3n) is 2.75. The highest BCUT2D eigenvalue weighted by atomic mass is 16.5. The number of carbonyl (C=O) groups is 2. The average molecular weight is 198 g/mol. The molecule has 0 aromatic heterocycles. The van der Waals surface area contributed by atoms with Crippen molar-refractivity contribution < 1.29 is 14.3 Å². The van der Waals surface area contributed by atoms with Crippen LogP contribution in [0.2, 0.25) is 0 Å². The molecule has 0 N–H and O–H groups in total. The minimum absolute atomic E-state index is 0.0662. The van der Waals surface area contributed by atoms with E-state index in [0.29, 0.717) is 13.0 Å². The largest absolute Gasteiger partial charge is 0.466 e. The van der Waals surface area contributed by atoms with E-state index >= 15 is 0 Å². The standard InChI is InChI=1S/C11H18O3/c1-3-14-10(13)11(7-8-11)6-4-5-9(2)12/h3-8H2,1-2H3. The molecule has 0 spiro atoms. The summed E-state index contributed by atoms with van der Waals surface area (Å²) in [6.45, 7) is 3.86. The molecule has 0 saturated heterocycles. The summed E-state index contributed by atoms with van der Waals surface area (Å²) in [7, 11) is 0. The molecule has 0 bridgehead atoms. The number of Topliss-reactive ketones (excluding diaryl/α,β-unsaturated/α-hetero) is 1. The smallest absolute Gasteiger partial charge is 0.312 e. The number of ether oxygens (including phenoxy) is 1. The average Bonchev–Trinajstić information content (AvgIpc) is 2.85. The van der Waals surface area contributed by atoms with Crippen LogP contribution in [0.25, 0.3) is 0 Å². The zero-order valence-electron chi connectivity index (χ0n) is 8.97. The summed E-state index contributed by atoms with van der Waals surface area (Å²) < 4.78 is 5.00. The molecule has 3 heteroatoms. The Morgan fingerprint density at radius 1 is 1.36 bits per heavy atom. The van der Waals surface area contributed by atoms with Gasteiger partial charge in [-0.3, -0.25) is 4.79 Å². The second-order valence-corrected chi connectivity index (χ2v) is 4.06. The Morgan fingerprint density at radius 3 is 2.43 bits per heavy atom. The Labute approximate surface area is 84.8 Å². The first-order valence-corrected chi connectivity index (χ1v) is 5.27. The van der Waals surface area contributed by atoms with Crippen LogP contribution in [0.1, 0.15) is 46.0 Å². The summed E-state index contributed by atoms with van der Waals surface area (Å²) in [5.74, 6) is 0.133. The van der Waals surface area contributed by atoms with Gasteiger partial charge in [-0.25, -0.2) is 0 Å². The van der Waals surface area contributed by atoms with Crippen molar-refractivity contribution >= 4 is 11.8 Å². The number of carbonyl (C=O) groups excluding carboxylic acids is 2. The summed E-state index contributed by atoms with van der Waals surface area (Å²) in [6.07, 6.45) is 4.08. The van der Waals surface area contributed by atoms with Crippen LogP contribution in [0.15, 0.2) is 0 Å². The van der Waals surface area contributed by atoms with E-state index in [-0.39, 0.29) is 17.2 Å². The monoisotopic (exact) mass is 198 g/mol. The fraction of sp³-hybridized carbons (Fsp3) is 0.818. The van der Waals surface area contributed by atoms with Gasteiger partial charge in [0.2, 0.25) is 0 Å². The lowest BCUT2D eigenvalue weighted by atomic mass is 9.98. The van der Waals surface area contributed by atoms with Crippen LogP contribution in [-0.2, 0) is 14.3 Å². The Hall–Kier alpha value is -0.860. The van der Waals surface area contributed by atoms with Crippen molar-refractivity contribution in [3.63, 3.8) is 0 Å². The maximum atomic E-state index is 11.5. The molecule has 3 nitrogen and oxygen atoms in total. The van der Waals surface area contributed by atoms with Crippen molar-refractivity contribution in [2.45, 2.75) is 46.0 Å². The molecule has 0 atom stereocenters. The minimum atomic E-state index is -0.217. The second kappa shape index (κ2) is 4.58. The van der Waals surface area contributed by atoms with Crippen LogP contribution in [-0.4, -0.2) is 18.4 Å². The molecule has 1 saturated carbocycles. The minimum Gasteiger partial charge on any atom is -0.466 e. The predicted molar refractivity (Wildman–Crippen MR) is 52.8 cm³/mol. The SMILES string of the molecule is CCOC(=O)C1(CCCC(C)=O)CC1. The highest BCUT2D eigenvalue weighted by molar-refractivity contribution is 5.80. The van der Waals surface area contributed by atoms with Crippen LogP contribution in [0.3, 0.4) is 0 Å². The normalized spacial score (nSPS) is 17.6. The lowest BCUT2D eigenvalue weighted by molar-refractivity contribution is -0.150. The van der Waals surface area contributed by atoms with E-state index in [1.54, 1.807) is 6.92 Å².